The highest BCUT2D eigenvalue weighted by molar-refractivity contribution is 7.09. The van der Waals surface area contributed by atoms with Crippen LogP contribution in [-0.2, 0) is 6.54 Å². The lowest BCUT2D eigenvalue weighted by Gasteiger charge is -2.18. The standard InChI is InChI=1S/C13H12N4O2S/c1-16(8-9-3-2-6-20-9)13-15-10(12(18)19)7-11-14-4-5-17(11)13/h2-7H,8H2,1H3,(H,18,19). The first kappa shape index (κ1) is 12.6. The van der Waals surface area contributed by atoms with Crippen molar-refractivity contribution in [3.05, 3.63) is 46.5 Å². The van der Waals surface area contributed by atoms with E-state index in [0.717, 1.165) is 0 Å². The zero-order chi connectivity index (χ0) is 14.1. The van der Waals surface area contributed by atoms with Gasteiger partial charge in [0.15, 0.2) is 5.69 Å². The molecule has 0 fully saturated rings. The van der Waals surface area contributed by atoms with Crippen LogP contribution in [0.15, 0.2) is 36.0 Å². The quantitative estimate of drug-likeness (QED) is 0.796. The fourth-order valence-electron chi connectivity index (χ4n) is 1.99. The van der Waals surface area contributed by atoms with Crippen LogP contribution in [0.5, 0.6) is 0 Å². The van der Waals surface area contributed by atoms with Gasteiger partial charge in [-0.2, -0.15) is 0 Å². The van der Waals surface area contributed by atoms with Crippen LogP contribution in [-0.4, -0.2) is 32.5 Å². The zero-order valence-electron chi connectivity index (χ0n) is 10.7. The van der Waals surface area contributed by atoms with Gasteiger partial charge in [0.25, 0.3) is 0 Å². The highest BCUT2D eigenvalue weighted by Gasteiger charge is 2.14. The van der Waals surface area contributed by atoms with Gasteiger partial charge in [-0.3, -0.25) is 4.40 Å². The van der Waals surface area contributed by atoms with Crippen molar-refractivity contribution in [2.75, 3.05) is 11.9 Å². The molecule has 0 aliphatic carbocycles. The Morgan fingerprint density at radius 1 is 1.55 bits per heavy atom. The van der Waals surface area contributed by atoms with Crippen molar-refractivity contribution >= 4 is 28.9 Å². The molecule has 0 saturated heterocycles. The number of imidazole rings is 1. The monoisotopic (exact) mass is 288 g/mol. The second kappa shape index (κ2) is 4.93. The minimum absolute atomic E-state index is 0.00303. The molecule has 0 unspecified atom stereocenters. The van der Waals surface area contributed by atoms with Gasteiger partial charge in [0, 0.05) is 30.4 Å². The largest absolute Gasteiger partial charge is 0.477 e. The van der Waals surface area contributed by atoms with Crippen LogP contribution >= 0.6 is 11.3 Å². The van der Waals surface area contributed by atoms with Crippen molar-refractivity contribution in [2.24, 2.45) is 0 Å². The Hall–Kier alpha value is -2.41. The lowest BCUT2D eigenvalue weighted by molar-refractivity contribution is 0.0690. The molecule has 3 aromatic rings. The van der Waals surface area contributed by atoms with Crippen molar-refractivity contribution < 1.29 is 9.90 Å². The molecule has 102 valence electrons. The van der Waals surface area contributed by atoms with E-state index in [0.29, 0.717) is 18.1 Å². The average molecular weight is 288 g/mol. The highest BCUT2D eigenvalue weighted by atomic mass is 32.1. The second-order valence-electron chi connectivity index (χ2n) is 4.34. The average Bonchev–Trinajstić information content (AvgIpc) is 3.07. The van der Waals surface area contributed by atoms with E-state index in [1.807, 2.05) is 29.5 Å². The number of fused-ring (bicyclic) bond motifs is 1. The number of aromatic nitrogens is 3. The molecule has 7 heteroatoms. The van der Waals surface area contributed by atoms with Crippen LogP contribution in [0.25, 0.3) is 5.65 Å². The first-order valence-corrected chi connectivity index (χ1v) is 6.84. The van der Waals surface area contributed by atoms with Gasteiger partial charge >= 0.3 is 5.97 Å². The lowest BCUT2D eigenvalue weighted by atomic mass is 10.4. The summed E-state index contributed by atoms with van der Waals surface area (Å²) in [5.41, 5.74) is 0.571. The number of hydrogen-bond donors (Lipinski definition) is 1. The van der Waals surface area contributed by atoms with Gasteiger partial charge in [0.1, 0.15) is 5.65 Å². The number of carbonyl (C=O) groups is 1. The smallest absolute Gasteiger partial charge is 0.354 e. The zero-order valence-corrected chi connectivity index (χ0v) is 11.5. The molecule has 1 N–H and O–H groups in total. The van der Waals surface area contributed by atoms with E-state index < -0.39 is 5.97 Å². The van der Waals surface area contributed by atoms with Crippen molar-refractivity contribution in [1.29, 1.82) is 0 Å². The number of carboxylic acid groups (broad SMARTS) is 1. The van der Waals surface area contributed by atoms with Gasteiger partial charge in [-0.1, -0.05) is 6.07 Å². The second-order valence-corrected chi connectivity index (χ2v) is 5.37. The van der Waals surface area contributed by atoms with E-state index in [1.165, 1.54) is 10.9 Å². The Balaban J connectivity index is 2.04. The van der Waals surface area contributed by atoms with Crippen LogP contribution in [0, 0.1) is 0 Å². The predicted octanol–water partition coefficient (Wildman–Crippen LogP) is 2.13. The van der Waals surface area contributed by atoms with Gasteiger partial charge < -0.3 is 10.0 Å². The van der Waals surface area contributed by atoms with Gasteiger partial charge in [-0.15, -0.1) is 11.3 Å². The van der Waals surface area contributed by atoms with Crippen LogP contribution in [0.3, 0.4) is 0 Å². The summed E-state index contributed by atoms with van der Waals surface area (Å²) in [7, 11) is 1.88. The number of hydrogen-bond acceptors (Lipinski definition) is 5. The third-order valence-electron chi connectivity index (χ3n) is 2.90. The van der Waals surface area contributed by atoms with Crippen LogP contribution < -0.4 is 4.90 Å². The molecule has 3 heterocycles. The van der Waals surface area contributed by atoms with E-state index in [1.54, 1.807) is 28.1 Å². The molecule has 0 aliphatic rings. The number of aromatic carboxylic acids is 1. The Morgan fingerprint density at radius 2 is 2.40 bits per heavy atom. The predicted molar refractivity (Wildman–Crippen MR) is 76.4 cm³/mol. The normalized spacial score (nSPS) is 10.8. The molecule has 3 aromatic heterocycles. The first-order chi connectivity index (χ1) is 9.65. The number of rotatable bonds is 4. The van der Waals surface area contributed by atoms with Crippen molar-refractivity contribution in [3.8, 4) is 0 Å². The molecular weight excluding hydrogens is 276 g/mol. The van der Waals surface area contributed by atoms with E-state index >= 15 is 0 Å². The Labute approximate surface area is 118 Å². The lowest BCUT2D eigenvalue weighted by Crippen LogP contribution is -2.21. The summed E-state index contributed by atoms with van der Waals surface area (Å²) in [6, 6.07) is 5.49. The summed E-state index contributed by atoms with van der Waals surface area (Å²) in [5.74, 6) is -0.493. The molecule has 0 spiro atoms. The molecule has 6 nitrogen and oxygen atoms in total. The van der Waals surface area contributed by atoms with Gasteiger partial charge in [0.2, 0.25) is 5.95 Å². The minimum atomic E-state index is -1.05. The summed E-state index contributed by atoms with van der Waals surface area (Å²) in [5, 5.41) is 11.1. The van der Waals surface area contributed by atoms with Crippen LogP contribution in [0.1, 0.15) is 15.4 Å². The molecular formula is C13H12N4O2S. The minimum Gasteiger partial charge on any atom is -0.477 e. The van der Waals surface area contributed by atoms with Gasteiger partial charge in [0.05, 0.1) is 6.54 Å². The first-order valence-electron chi connectivity index (χ1n) is 5.96. The SMILES string of the molecule is CN(Cc1cccs1)c1nc(C(=O)O)cc2nccn12. The third kappa shape index (κ3) is 2.23. The molecule has 0 saturated carbocycles. The van der Waals surface area contributed by atoms with E-state index in [-0.39, 0.29) is 5.69 Å². The third-order valence-corrected chi connectivity index (χ3v) is 3.77. The fraction of sp³-hybridized carbons (Fsp3) is 0.154. The van der Waals surface area contributed by atoms with E-state index in [2.05, 4.69) is 9.97 Å². The number of carboxylic acids is 1. The van der Waals surface area contributed by atoms with Crippen LogP contribution in [0.4, 0.5) is 5.95 Å². The van der Waals surface area contributed by atoms with Crippen molar-refractivity contribution in [1.82, 2.24) is 14.4 Å². The molecule has 3 rings (SSSR count). The topological polar surface area (TPSA) is 70.7 Å². The van der Waals surface area contributed by atoms with Crippen molar-refractivity contribution in [3.63, 3.8) is 0 Å². The van der Waals surface area contributed by atoms with E-state index in [4.69, 9.17) is 5.11 Å². The number of anilines is 1. The number of nitrogens with zero attached hydrogens (tertiary/aromatic N) is 4. The van der Waals surface area contributed by atoms with E-state index in [9.17, 15) is 4.79 Å². The fourth-order valence-corrected chi connectivity index (χ4v) is 2.75. The van der Waals surface area contributed by atoms with Crippen molar-refractivity contribution in [2.45, 2.75) is 6.54 Å². The molecule has 0 atom stereocenters. The molecule has 0 aromatic carbocycles. The van der Waals surface area contributed by atoms with Gasteiger partial charge in [-0.25, -0.2) is 14.8 Å². The summed E-state index contributed by atoms with van der Waals surface area (Å²) in [6.07, 6.45) is 3.40. The molecule has 20 heavy (non-hydrogen) atoms. The maximum absolute atomic E-state index is 11.1. The summed E-state index contributed by atoms with van der Waals surface area (Å²) < 4.78 is 1.78. The number of thiophene rings is 1. The molecule has 0 bridgehead atoms. The Morgan fingerprint density at radius 3 is 3.10 bits per heavy atom. The maximum atomic E-state index is 11.1. The summed E-state index contributed by atoms with van der Waals surface area (Å²) >= 11 is 1.65. The Bertz CT molecular complexity index is 751. The Kier molecular flexibility index (Phi) is 3.11. The molecule has 0 radical (unpaired) electrons. The highest BCUT2D eigenvalue weighted by Crippen LogP contribution is 2.18. The summed E-state index contributed by atoms with van der Waals surface area (Å²) in [6.45, 7) is 0.668. The molecule has 0 amide bonds. The molecule has 0 aliphatic heterocycles. The van der Waals surface area contributed by atoms with Gasteiger partial charge in [-0.05, 0) is 11.4 Å². The van der Waals surface area contributed by atoms with Crippen LogP contribution in [0.2, 0.25) is 0 Å². The summed E-state index contributed by atoms with van der Waals surface area (Å²) in [4.78, 5) is 22.6. The maximum Gasteiger partial charge on any atom is 0.354 e.